The summed E-state index contributed by atoms with van der Waals surface area (Å²) in [5.41, 5.74) is 9.85. The van der Waals surface area contributed by atoms with Gasteiger partial charge in [0.15, 0.2) is 5.78 Å². The summed E-state index contributed by atoms with van der Waals surface area (Å²) in [6.07, 6.45) is 9.42. The normalized spacial score (nSPS) is 30.6. The zero-order valence-electron chi connectivity index (χ0n) is 23.4. The zero-order valence-corrected chi connectivity index (χ0v) is 23.4. The average Bonchev–Trinajstić information content (AvgIpc) is 3.62. The number of rotatable bonds is 2. The van der Waals surface area contributed by atoms with Gasteiger partial charge in [0, 0.05) is 46.4 Å². The van der Waals surface area contributed by atoms with Gasteiger partial charge in [-0.25, -0.2) is 15.0 Å². The molecule has 5 aliphatic heterocycles. The number of carbonyl (C=O) groups is 1. The Morgan fingerprint density at radius 1 is 1.07 bits per heavy atom. The number of aliphatic hydroxyl groups excluding tert-OH is 1. The second-order valence-corrected chi connectivity index (χ2v) is 11.5. The van der Waals surface area contributed by atoms with Crippen LogP contribution in [0.2, 0.25) is 0 Å². The van der Waals surface area contributed by atoms with Crippen molar-refractivity contribution < 1.29 is 15.0 Å². The maximum absolute atomic E-state index is 13.4. The van der Waals surface area contributed by atoms with Gasteiger partial charge in [-0.1, -0.05) is 26.5 Å². The number of nitrogens with one attached hydrogen (secondary N) is 1. The van der Waals surface area contributed by atoms with E-state index in [4.69, 9.17) is 15.0 Å². The minimum atomic E-state index is -2.11. The zero-order chi connectivity index (χ0) is 28.2. The van der Waals surface area contributed by atoms with E-state index in [0.29, 0.717) is 29.0 Å². The van der Waals surface area contributed by atoms with Crippen LogP contribution in [-0.4, -0.2) is 38.7 Å². The third kappa shape index (κ3) is 2.98. The number of aliphatic imine (C=N–C) groups is 3. The third-order valence-electron chi connectivity index (χ3n) is 9.59. The molecule has 5 heterocycles. The number of allylic oxidation sites excluding steroid dienone is 11. The smallest absolute Gasteiger partial charge is 0.210 e. The monoisotopic (exact) mass is 532 g/mol. The molecule has 40 heavy (non-hydrogen) atoms. The van der Waals surface area contributed by atoms with Crippen molar-refractivity contribution in [2.24, 2.45) is 26.8 Å². The van der Waals surface area contributed by atoms with Crippen LogP contribution in [0.1, 0.15) is 53.9 Å². The van der Waals surface area contributed by atoms with Gasteiger partial charge in [0.2, 0.25) is 5.60 Å². The molecule has 0 unspecified atom stereocenters. The molecule has 0 spiro atoms. The number of ketones is 1. The van der Waals surface area contributed by atoms with Crippen LogP contribution in [0.25, 0.3) is 0 Å². The topological polar surface area (TPSA) is 107 Å². The van der Waals surface area contributed by atoms with Gasteiger partial charge in [-0.15, -0.1) is 0 Å². The Bertz CT molecular complexity index is 1740. The van der Waals surface area contributed by atoms with Crippen LogP contribution >= 0.6 is 0 Å². The van der Waals surface area contributed by atoms with E-state index >= 15 is 0 Å². The molecule has 0 aromatic carbocycles. The van der Waals surface area contributed by atoms with Crippen LogP contribution in [0.5, 0.6) is 0 Å². The van der Waals surface area contributed by atoms with Gasteiger partial charge in [0.25, 0.3) is 0 Å². The van der Waals surface area contributed by atoms with Crippen LogP contribution in [-0.2, 0) is 4.79 Å². The summed E-state index contributed by atoms with van der Waals surface area (Å²) in [6, 6.07) is 0. The Labute approximate surface area is 233 Å². The van der Waals surface area contributed by atoms with Crippen molar-refractivity contribution >= 4 is 22.9 Å². The van der Waals surface area contributed by atoms with E-state index in [1.807, 2.05) is 25.2 Å². The molecule has 0 aromatic heterocycles. The van der Waals surface area contributed by atoms with E-state index in [2.05, 4.69) is 45.7 Å². The molecule has 7 aliphatic rings. The summed E-state index contributed by atoms with van der Waals surface area (Å²) >= 11 is 0. The summed E-state index contributed by atoms with van der Waals surface area (Å²) in [6.45, 7) is 14.3. The number of hydrogen-bond acceptors (Lipinski definition) is 7. The Morgan fingerprint density at radius 2 is 1.80 bits per heavy atom. The first-order valence-electron chi connectivity index (χ1n) is 14.0. The number of fused-ring (bicyclic) bond motifs is 4. The van der Waals surface area contributed by atoms with E-state index in [-0.39, 0.29) is 24.0 Å². The first-order valence-corrected chi connectivity index (χ1v) is 14.0. The molecule has 0 radical (unpaired) electrons. The lowest BCUT2D eigenvalue weighted by molar-refractivity contribution is -0.132. The van der Waals surface area contributed by atoms with Crippen molar-refractivity contribution in [3.8, 4) is 0 Å². The second-order valence-electron chi connectivity index (χ2n) is 11.5. The first-order chi connectivity index (χ1) is 19.1. The SMILES string of the molecule is C=CC1=C(C)C2=NC1=CC1=NC(=CC3=C(C)C4=C(O)[C@@]5(O)C(=O)CC[C@@H]6C(=C5C4=N3)NC(=C2)[C@H]6C)C(CC)=C1C. The van der Waals surface area contributed by atoms with Crippen LogP contribution in [0.3, 0.4) is 0 Å². The maximum atomic E-state index is 13.4. The van der Waals surface area contributed by atoms with E-state index in [1.165, 1.54) is 0 Å². The highest BCUT2D eigenvalue weighted by Gasteiger charge is 2.59. The Kier molecular flexibility index (Phi) is 5.11. The van der Waals surface area contributed by atoms with Crippen LogP contribution in [0, 0.1) is 11.8 Å². The van der Waals surface area contributed by atoms with Gasteiger partial charge in [0.05, 0.1) is 34.2 Å². The first kappa shape index (κ1) is 24.9. The molecule has 1 saturated heterocycles. The molecule has 202 valence electrons. The summed E-state index contributed by atoms with van der Waals surface area (Å²) in [7, 11) is 0. The van der Waals surface area contributed by atoms with Crippen molar-refractivity contribution in [1.82, 2.24) is 5.32 Å². The number of aliphatic hydroxyl groups is 2. The molecule has 2 aliphatic carbocycles. The fraction of sp³-hybridized carbons (Fsp3) is 0.333. The Morgan fingerprint density at radius 3 is 2.52 bits per heavy atom. The van der Waals surface area contributed by atoms with Gasteiger partial charge in [-0.05, 0) is 74.1 Å². The highest BCUT2D eigenvalue weighted by Crippen LogP contribution is 2.52. The highest BCUT2D eigenvalue weighted by molar-refractivity contribution is 6.27. The molecule has 1 fully saturated rings. The molecule has 7 rings (SSSR count). The predicted octanol–water partition coefficient (Wildman–Crippen LogP) is 5.55. The van der Waals surface area contributed by atoms with Gasteiger partial charge in [-0.2, -0.15) is 0 Å². The lowest BCUT2D eigenvalue weighted by Crippen LogP contribution is -2.41. The van der Waals surface area contributed by atoms with E-state index in [9.17, 15) is 15.0 Å². The molecule has 0 saturated carbocycles. The van der Waals surface area contributed by atoms with Crippen molar-refractivity contribution in [2.75, 3.05) is 0 Å². The molecule has 3 N–H and O–H groups in total. The third-order valence-corrected chi connectivity index (χ3v) is 9.59. The van der Waals surface area contributed by atoms with E-state index < -0.39 is 11.4 Å². The number of carbonyl (C=O) groups excluding carboxylic acids is 1. The van der Waals surface area contributed by atoms with Crippen molar-refractivity contribution in [3.05, 3.63) is 104 Å². The molecule has 0 aromatic rings. The molecule has 0 amide bonds. The molecule has 7 heteroatoms. The minimum Gasteiger partial charge on any atom is -0.508 e. The fourth-order valence-electron chi connectivity index (χ4n) is 7.20. The Hall–Kier alpha value is -4.10. The largest absolute Gasteiger partial charge is 0.508 e. The lowest BCUT2D eigenvalue weighted by atomic mass is 9.87. The van der Waals surface area contributed by atoms with E-state index in [0.717, 1.165) is 68.5 Å². The van der Waals surface area contributed by atoms with Gasteiger partial charge >= 0.3 is 0 Å². The lowest BCUT2D eigenvalue weighted by Gasteiger charge is -2.24. The molecular weight excluding hydrogens is 500 g/mol. The minimum absolute atomic E-state index is 0.0357. The molecular formula is C33H32N4O3. The highest BCUT2D eigenvalue weighted by atomic mass is 16.3. The number of hydrogen-bond donors (Lipinski definition) is 3. The quantitative estimate of drug-likeness (QED) is 0.434. The Balaban J connectivity index is 1.57. The standard InChI is InChI=1S/C33H32N4O3/c1-7-18-14(3)21-11-23-16(5)20-9-10-27(38)33(40)29(30(20)36-23)31-28(32(33)39)17(6)24(37-31)13-26-19(8-2)15(4)22(35-26)12-25(18)34-21/h7,11-13,16,20,36,39-40H,1,8-10H2,2-6H3/t16-,20-,33+/m0/s1. The number of Topliss-reactive ketones (excluding diaryl/α,β-unsaturated/α-hetero) is 1. The summed E-state index contributed by atoms with van der Waals surface area (Å²) in [4.78, 5) is 28.4. The number of nitrogens with zero attached hydrogens (tertiary/aromatic N) is 3. The van der Waals surface area contributed by atoms with Crippen molar-refractivity contribution in [2.45, 2.75) is 59.5 Å². The van der Waals surface area contributed by atoms with Crippen LogP contribution in [0.15, 0.2) is 119 Å². The van der Waals surface area contributed by atoms with Gasteiger partial charge in [0.1, 0.15) is 5.76 Å². The fourth-order valence-corrected chi connectivity index (χ4v) is 7.20. The molecule has 3 atom stereocenters. The second kappa shape index (κ2) is 8.21. The van der Waals surface area contributed by atoms with Crippen molar-refractivity contribution in [1.29, 1.82) is 0 Å². The van der Waals surface area contributed by atoms with Crippen LogP contribution < -0.4 is 5.32 Å². The molecule has 7 nitrogen and oxygen atoms in total. The van der Waals surface area contributed by atoms with Gasteiger partial charge < -0.3 is 15.5 Å². The predicted molar refractivity (Wildman–Crippen MR) is 157 cm³/mol. The van der Waals surface area contributed by atoms with Crippen molar-refractivity contribution in [3.63, 3.8) is 0 Å². The van der Waals surface area contributed by atoms with Gasteiger partial charge in [-0.3, -0.25) is 4.79 Å². The van der Waals surface area contributed by atoms with Crippen LogP contribution in [0.4, 0.5) is 0 Å². The van der Waals surface area contributed by atoms with E-state index in [1.54, 1.807) is 0 Å². The average molecular weight is 533 g/mol. The summed E-state index contributed by atoms with van der Waals surface area (Å²) < 4.78 is 0. The maximum Gasteiger partial charge on any atom is 0.210 e. The molecule has 8 bridgehead atoms. The summed E-state index contributed by atoms with van der Waals surface area (Å²) in [5, 5.41) is 27.0. The summed E-state index contributed by atoms with van der Waals surface area (Å²) in [5.74, 6) is -0.704.